The molecule has 4 rings (SSSR count). The van der Waals surface area contributed by atoms with E-state index in [1.54, 1.807) is 12.1 Å². The van der Waals surface area contributed by atoms with Crippen LogP contribution in [0, 0.1) is 6.92 Å². The maximum absolute atomic E-state index is 10.2. The van der Waals surface area contributed by atoms with Crippen molar-refractivity contribution in [3.05, 3.63) is 42.1 Å². The van der Waals surface area contributed by atoms with Gasteiger partial charge in [-0.15, -0.1) is 0 Å². The van der Waals surface area contributed by atoms with Crippen LogP contribution >= 0.6 is 0 Å². The predicted octanol–water partition coefficient (Wildman–Crippen LogP) is 2.54. The molecule has 6 heteroatoms. The quantitative estimate of drug-likeness (QED) is 0.782. The highest BCUT2D eigenvalue weighted by molar-refractivity contribution is 5.88. The molecular weight excluding hydrogens is 304 g/mol. The Hall–Kier alpha value is -2.73. The molecule has 3 heterocycles. The molecule has 1 saturated heterocycles. The van der Waals surface area contributed by atoms with Crippen molar-refractivity contribution in [3.8, 4) is 17.1 Å². The van der Waals surface area contributed by atoms with E-state index in [0.717, 1.165) is 35.5 Å². The molecule has 6 nitrogen and oxygen atoms in total. The molecule has 0 unspecified atom stereocenters. The van der Waals surface area contributed by atoms with Gasteiger partial charge in [-0.1, -0.05) is 12.1 Å². The summed E-state index contributed by atoms with van der Waals surface area (Å²) >= 11 is 0. The maximum Gasteiger partial charge on any atom is 0.166 e. The summed E-state index contributed by atoms with van der Waals surface area (Å²) in [5.74, 6) is 1.47. The van der Waals surface area contributed by atoms with E-state index in [2.05, 4.69) is 14.9 Å². The number of nitrogens with zero attached hydrogens (tertiary/aromatic N) is 4. The molecule has 3 aromatic rings. The number of phenolic OH excluding ortho intramolecular Hbond substituents is 1. The lowest BCUT2D eigenvalue weighted by Crippen LogP contribution is -2.37. The highest BCUT2D eigenvalue weighted by atomic mass is 16.5. The van der Waals surface area contributed by atoms with Crippen LogP contribution < -0.4 is 4.90 Å². The van der Waals surface area contributed by atoms with Crippen LogP contribution in [-0.4, -0.2) is 46.4 Å². The van der Waals surface area contributed by atoms with Crippen LogP contribution in [-0.2, 0) is 4.74 Å². The highest BCUT2D eigenvalue weighted by Crippen LogP contribution is 2.31. The second-order valence-corrected chi connectivity index (χ2v) is 5.87. The average molecular weight is 322 g/mol. The monoisotopic (exact) mass is 322 g/mol. The number of aromatic hydroxyl groups is 1. The molecule has 2 aromatic heterocycles. The van der Waals surface area contributed by atoms with E-state index in [4.69, 9.17) is 9.72 Å². The molecular formula is C18H18N4O2. The van der Waals surface area contributed by atoms with Gasteiger partial charge in [-0.25, -0.2) is 9.97 Å². The van der Waals surface area contributed by atoms with Crippen LogP contribution in [0.15, 0.2) is 36.5 Å². The molecule has 0 bridgehead atoms. The van der Waals surface area contributed by atoms with E-state index >= 15 is 0 Å². The van der Waals surface area contributed by atoms with Gasteiger partial charge in [0.1, 0.15) is 11.3 Å². The second kappa shape index (κ2) is 6.05. The van der Waals surface area contributed by atoms with E-state index < -0.39 is 0 Å². The fourth-order valence-electron chi connectivity index (χ4n) is 2.88. The van der Waals surface area contributed by atoms with Gasteiger partial charge in [-0.3, -0.25) is 4.98 Å². The number of anilines is 1. The molecule has 1 N–H and O–H groups in total. The molecule has 24 heavy (non-hydrogen) atoms. The second-order valence-electron chi connectivity index (χ2n) is 5.87. The number of rotatable bonds is 2. The first kappa shape index (κ1) is 14.8. The third kappa shape index (κ3) is 2.65. The number of morpholine rings is 1. The van der Waals surface area contributed by atoms with Crippen molar-refractivity contribution < 1.29 is 9.84 Å². The zero-order valence-electron chi connectivity index (χ0n) is 13.4. The number of aryl methyl sites for hydroxylation is 1. The molecule has 122 valence electrons. The zero-order chi connectivity index (χ0) is 16.5. The summed E-state index contributed by atoms with van der Waals surface area (Å²) in [7, 11) is 0. The molecule has 1 aromatic carbocycles. The van der Waals surface area contributed by atoms with Crippen molar-refractivity contribution in [2.24, 2.45) is 0 Å². The first-order chi connectivity index (χ1) is 11.7. The number of fused-ring (bicyclic) bond motifs is 1. The van der Waals surface area contributed by atoms with Crippen molar-refractivity contribution >= 4 is 16.9 Å². The number of para-hydroxylation sites is 1. The Bertz CT molecular complexity index is 891. The SMILES string of the molecule is Cc1cnc2c(N3CCOCC3)nc(-c3ccccc3O)nc2c1. The molecule has 0 atom stereocenters. The summed E-state index contributed by atoms with van der Waals surface area (Å²) < 4.78 is 5.44. The normalized spacial score (nSPS) is 15.0. The molecule has 1 aliphatic heterocycles. The van der Waals surface area contributed by atoms with Crippen LogP contribution in [0.25, 0.3) is 22.4 Å². The minimum absolute atomic E-state index is 0.172. The summed E-state index contributed by atoms with van der Waals surface area (Å²) in [5, 5.41) is 10.2. The Balaban J connectivity index is 1.93. The molecule has 0 radical (unpaired) electrons. The molecule has 0 amide bonds. The van der Waals surface area contributed by atoms with Gasteiger partial charge < -0.3 is 14.7 Å². The van der Waals surface area contributed by atoms with Gasteiger partial charge in [-0.05, 0) is 30.7 Å². The summed E-state index contributed by atoms with van der Waals surface area (Å²) in [4.78, 5) is 16.1. The lowest BCUT2D eigenvalue weighted by Gasteiger charge is -2.28. The largest absolute Gasteiger partial charge is 0.507 e. The van der Waals surface area contributed by atoms with Crippen molar-refractivity contribution in [2.45, 2.75) is 6.92 Å². The average Bonchev–Trinajstić information content (AvgIpc) is 2.61. The van der Waals surface area contributed by atoms with Gasteiger partial charge in [0.05, 0.1) is 24.3 Å². The molecule has 0 aliphatic carbocycles. The van der Waals surface area contributed by atoms with Crippen molar-refractivity contribution in [2.75, 3.05) is 31.2 Å². The summed E-state index contributed by atoms with van der Waals surface area (Å²) in [6, 6.07) is 9.12. The highest BCUT2D eigenvalue weighted by Gasteiger charge is 2.19. The van der Waals surface area contributed by atoms with Crippen molar-refractivity contribution in [3.63, 3.8) is 0 Å². The van der Waals surface area contributed by atoms with Crippen LogP contribution in [0.3, 0.4) is 0 Å². The molecule has 0 spiro atoms. The minimum Gasteiger partial charge on any atom is -0.507 e. The number of benzene rings is 1. The van der Waals surface area contributed by atoms with Gasteiger partial charge in [0, 0.05) is 19.3 Å². The van der Waals surface area contributed by atoms with Gasteiger partial charge >= 0.3 is 0 Å². The summed E-state index contributed by atoms with van der Waals surface area (Å²) in [5.41, 5.74) is 3.22. The topological polar surface area (TPSA) is 71.4 Å². The van der Waals surface area contributed by atoms with E-state index in [9.17, 15) is 5.11 Å². The number of hydrogen-bond acceptors (Lipinski definition) is 6. The lowest BCUT2D eigenvalue weighted by molar-refractivity contribution is 0.122. The number of hydrogen-bond donors (Lipinski definition) is 1. The molecule has 1 fully saturated rings. The Kier molecular flexibility index (Phi) is 3.74. The Morgan fingerprint density at radius 2 is 1.92 bits per heavy atom. The number of ether oxygens (including phenoxy) is 1. The smallest absolute Gasteiger partial charge is 0.166 e. The summed E-state index contributed by atoms with van der Waals surface area (Å²) in [6.07, 6.45) is 1.83. The fraction of sp³-hybridized carbons (Fsp3) is 0.278. The van der Waals surface area contributed by atoms with Crippen molar-refractivity contribution in [1.82, 2.24) is 15.0 Å². The fourth-order valence-corrected chi connectivity index (χ4v) is 2.88. The first-order valence-electron chi connectivity index (χ1n) is 7.98. The first-order valence-corrected chi connectivity index (χ1v) is 7.98. The number of phenols is 1. The van der Waals surface area contributed by atoms with Gasteiger partial charge in [-0.2, -0.15) is 0 Å². The van der Waals surface area contributed by atoms with E-state index in [0.29, 0.717) is 24.6 Å². The van der Waals surface area contributed by atoms with Crippen LogP contribution in [0.4, 0.5) is 5.82 Å². The van der Waals surface area contributed by atoms with E-state index in [1.165, 1.54) is 0 Å². The number of pyridine rings is 1. The van der Waals surface area contributed by atoms with Crippen LogP contribution in [0.1, 0.15) is 5.56 Å². The lowest BCUT2D eigenvalue weighted by atomic mass is 10.1. The van der Waals surface area contributed by atoms with E-state index in [-0.39, 0.29) is 5.75 Å². The van der Waals surface area contributed by atoms with Crippen LogP contribution in [0.2, 0.25) is 0 Å². The zero-order valence-corrected chi connectivity index (χ0v) is 13.4. The Morgan fingerprint density at radius 3 is 2.71 bits per heavy atom. The Morgan fingerprint density at radius 1 is 1.12 bits per heavy atom. The Labute approximate surface area is 139 Å². The van der Waals surface area contributed by atoms with E-state index in [1.807, 2.05) is 31.3 Å². The van der Waals surface area contributed by atoms with Crippen molar-refractivity contribution in [1.29, 1.82) is 0 Å². The van der Waals surface area contributed by atoms with Crippen LogP contribution in [0.5, 0.6) is 5.75 Å². The molecule has 0 saturated carbocycles. The standard InChI is InChI=1S/C18H18N4O2/c1-12-10-14-16(19-11-12)18(22-6-8-24-9-7-22)21-17(20-14)13-4-2-3-5-15(13)23/h2-5,10-11,23H,6-9H2,1H3. The van der Waals surface area contributed by atoms with Gasteiger partial charge in [0.25, 0.3) is 0 Å². The maximum atomic E-state index is 10.2. The minimum atomic E-state index is 0.172. The van der Waals surface area contributed by atoms with Gasteiger partial charge in [0.15, 0.2) is 11.6 Å². The third-order valence-corrected chi connectivity index (χ3v) is 4.11. The number of aromatic nitrogens is 3. The predicted molar refractivity (Wildman–Crippen MR) is 92.2 cm³/mol. The summed E-state index contributed by atoms with van der Waals surface area (Å²) in [6.45, 7) is 4.86. The van der Waals surface area contributed by atoms with Gasteiger partial charge in [0.2, 0.25) is 0 Å². The third-order valence-electron chi connectivity index (χ3n) is 4.11. The molecule has 1 aliphatic rings.